The van der Waals surface area contributed by atoms with Crippen molar-refractivity contribution in [3.8, 4) is 23.4 Å². The van der Waals surface area contributed by atoms with E-state index in [1.54, 1.807) is 12.1 Å². The smallest absolute Gasteiger partial charge is 0.323 e. The highest BCUT2D eigenvalue weighted by molar-refractivity contribution is 6.00. The van der Waals surface area contributed by atoms with E-state index in [4.69, 9.17) is 9.47 Å². The summed E-state index contributed by atoms with van der Waals surface area (Å²) in [6, 6.07) is 18.0. The maximum absolute atomic E-state index is 12.7. The van der Waals surface area contributed by atoms with Crippen LogP contribution in [0.1, 0.15) is 51.4 Å². The third-order valence-electron chi connectivity index (χ3n) is 5.49. The number of nitriles is 1. The lowest BCUT2D eigenvalue weighted by atomic mass is 9.87. The molecule has 0 fully saturated rings. The summed E-state index contributed by atoms with van der Waals surface area (Å²) in [5.74, 6) is 1.23. The minimum atomic E-state index is -0.449. The van der Waals surface area contributed by atoms with Gasteiger partial charge in [-0.3, -0.25) is 0 Å². The van der Waals surface area contributed by atoms with Crippen LogP contribution in [0.3, 0.4) is 0 Å². The molecule has 2 amide bonds. The van der Waals surface area contributed by atoms with Crippen LogP contribution in [0.4, 0.5) is 16.2 Å². The van der Waals surface area contributed by atoms with Crippen LogP contribution in [0, 0.1) is 11.3 Å². The largest absolute Gasteiger partial charge is 0.483 e. The van der Waals surface area contributed by atoms with Gasteiger partial charge in [0.1, 0.15) is 23.1 Å². The van der Waals surface area contributed by atoms with Crippen molar-refractivity contribution in [2.24, 2.45) is 0 Å². The van der Waals surface area contributed by atoms with E-state index < -0.39 is 6.03 Å². The first kappa shape index (κ1) is 23.1. The number of rotatable bonds is 4. The summed E-state index contributed by atoms with van der Waals surface area (Å²) in [6.45, 7) is 10.4. The van der Waals surface area contributed by atoms with Crippen LogP contribution in [0.25, 0.3) is 0 Å². The number of carbonyl (C=O) groups excluding carboxylic acids is 1. The van der Waals surface area contributed by atoms with Crippen molar-refractivity contribution < 1.29 is 14.3 Å². The number of benzene rings is 2. The lowest BCUT2D eigenvalue weighted by Gasteiger charge is -2.19. The van der Waals surface area contributed by atoms with Crippen molar-refractivity contribution >= 4 is 17.4 Å². The Morgan fingerprint density at radius 3 is 2.50 bits per heavy atom. The maximum Gasteiger partial charge on any atom is 0.323 e. The van der Waals surface area contributed by atoms with Crippen molar-refractivity contribution in [2.75, 3.05) is 10.6 Å². The number of urea groups is 1. The number of aromatic nitrogens is 1. The molecule has 1 aliphatic rings. The number of hydrogen-bond donors (Lipinski definition) is 2. The lowest BCUT2D eigenvalue weighted by molar-refractivity contribution is 0.135. The number of pyridine rings is 1. The molecule has 2 N–H and O–H groups in total. The van der Waals surface area contributed by atoms with Gasteiger partial charge in [0, 0.05) is 17.7 Å². The Kier molecular flexibility index (Phi) is 5.92. The Balaban J connectivity index is 1.55. The molecule has 174 valence electrons. The van der Waals surface area contributed by atoms with Crippen LogP contribution in [-0.4, -0.2) is 16.6 Å². The summed E-state index contributed by atoms with van der Waals surface area (Å²) in [5, 5.41) is 14.9. The number of nitrogens with one attached hydrogen (secondary N) is 2. The van der Waals surface area contributed by atoms with Crippen molar-refractivity contribution in [2.45, 2.75) is 52.1 Å². The van der Waals surface area contributed by atoms with E-state index in [1.807, 2.05) is 56.3 Å². The highest BCUT2D eigenvalue weighted by Gasteiger charge is 2.32. The molecule has 0 saturated carbocycles. The van der Waals surface area contributed by atoms with Crippen LogP contribution in [0.5, 0.6) is 17.4 Å². The molecule has 1 aromatic heterocycles. The molecule has 0 saturated heterocycles. The van der Waals surface area contributed by atoms with E-state index in [2.05, 4.69) is 36.4 Å². The maximum atomic E-state index is 12.7. The molecular weight excluding hydrogens is 428 g/mol. The Bertz CT molecular complexity index is 1270. The van der Waals surface area contributed by atoms with Crippen molar-refractivity contribution in [1.82, 2.24) is 4.98 Å². The summed E-state index contributed by atoms with van der Waals surface area (Å²) in [6.07, 6.45) is 0.757. The third-order valence-corrected chi connectivity index (χ3v) is 5.49. The molecule has 7 heteroatoms. The standard InChI is InChI=1S/C27H28N4O3/c1-26(2,3)18-9-11-19(12-10-18)30-25(32)31-21-14-13-20(16-28)29-24(21)33-22-8-6-7-17-15-27(4,5)34-23(17)22/h6-14H,15H2,1-5H3,(H2,30,31,32). The molecular formula is C27H28N4O3. The molecule has 0 aliphatic carbocycles. The summed E-state index contributed by atoms with van der Waals surface area (Å²) in [4.78, 5) is 17.0. The average Bonchev–Trinajstić information content (AvgIpc) is 3.09. The van der Waals surface area contributed by atoms with Gasteiger partial charge in [0.05, 0.1) is 0 Å². The van der Waals surface area contributed by atoms with Gasteiger partial charge in [0.25, 0.3) is 0 Å². The second-order valence-corrected chi connectivity index (χ2v) is 9.95. The van der Waals surface area contributed by atoms with Gasteiger partial charge in [0.15, 0.2) is 11.5 Å². The van der Waals surface area contributed by atoms with Crippen LogP contribution < -0.4 is 20.1 Å². The van der Waals surface area contributed by atoms with E-state index in [0.29, 0.717) is 22.9 Å². The van der Waals surface area contributed by atoms with Crippen molar-refractivity contribution in [3.05, 3.63) is 71.4 Å². The number of ether oxygens (including phenoxy) is 2. The third kappa shape index (κ3) is 5.12. The van der Waals surface area contributed by atoms with Gasteiger partial charge in [0.2, 0.25) is 5.88 Å². The Morgan fingerprint density at radius 1 is 1.09 bits per heavy atom. The SMILES string of the molecule is CC1(C)Cc2cccc(Oc3nc(C#N)ccc3NC(=O)Nc3ccc(C(C)(C)C)cc3)c2O1. The summed E-state index contributed by atoms with van der Waals surface area (Å²) in [5.41, 5.74) is 3.05. The Morgan fingerprint density at radius 2 is 1.82 bits per heavy atom. The second kappa shape index (κ2) is 8.71. The van der Waals surface area contributed by atoms with Crippen LogP contribution in [0.2, 0.25) is 0 Å². The van der Waals surface area contributed by atoms with Gasteiger partial charge in [-0.05, 0) is 55.2 Å². The minimum Gasteiger partial charge on any atom is -0.483 e. The van der Waals surface area contributed by atoms with E-state index in [1.165, 1.54) is 11.6 Å². The monoisotopic (exact) mass is 456 g/mol. The molecule has 0 bridgehead atoms. The molecule has 0 radical (unpaired) electrons. The summed E-state index contributed by atoms with van der Waals surface area (Å²) >= 11 is 0. The average molecular weight is 457 g/mol. The highest BCUT2D eigenvalue weighted by atomic mass is 16.5. The fraction of sp³-hybridized carbons (Fsp3) is 0.296. The number of hydrogen-bond acceptors (Lipinski definition) is 5. The summed E-state index contributed by atoms with van der Waals surface area (Å²) < 4.78 is 12.1. The molecule has 0 atom stereocenters. The molecule has 1 aliphatic heterocycles. The zero-order valence-electron chi connectivity index (χ0n) is 20.0. The zero-order chi connectivity index (χ0) is 24.5. The number of anilines is 2. The molecule has 0 unspecified atom stereocenters. The molecule has 2 aromatic carbocycles. The minimum absolute atomic E-state index is 0.0255. The predicted octanol–water partition coefficient (Wildman–Crippen LogP) is 6.40. The zero-order valence-corrected chi connectivity index (χ0v) is 20.0. The number of nitrogens with zero attached hydrogens (tertiary/aromatic N) is 2. The highest BCUT2D eigenvalue weighted by Crippen LogP contribution is 2.44. The molecule has 34 heavy (non-hydrogen) atoms. The number of para-hydroxylation sites is 1. The number of fused-ring (bicyclic) bond motifs is 1. The fourth-order valence-electron chi connectivity index (χ4n) is 3.79. The van der Waals surface area contributed by atoms with Crippen molar-refractivity contribution in [3.63, 3.8) is 0 Å². The normalized spacial score (nSPS) is 13.9. The fourth-order valence-corrected chi connectivity index (χ4v) is 3.79. The van der Waals surface area contributed by atoms with E-state index in [0.717, 1.165) is 12.0 Å². The predicted molar refractivity (Wildman–Crippen MR) is 132 cm³/mol. The number of carbonyl (C=O) groups is 1. The first-order valence-electron chi connectivity index (χ1n) is 11.1. The van der Waals surface area contributed by atoms with Crippen molar-refractivity contribution in [1.29, 1.82) is 5.26 Å². The lowest BCUT2D eigenvalue weighted by Crippen LogP contribution is -2.24. The molecule has 7 nitrogen and oxygen atoms in total. The van der Waals surface area contributed by atoms with Gasteiger partial charge >= 0.3 is 6.03 Å². The first-order chi connectivity index (χ1) is 16.0. The van der Waals surface area contributed by atoms with Crippen LogP contribution >= 0.6 is 0 Å². The molecule has 3 aromatic rings. The van der Waals surface area contributed by atoms with Crippen LogP contribution in [0.15, 0.2) is 54.6 Å². The summed E-state index contributed by atoms with van der Waals surface area (Å²) in [7, 11) is 0. The molecule has 2 heterocycles. The van der Waals surface area contributed by atoms with Crippen LogP contribution in [-0.2, 0) is 11.8 Å². The Labute approximate surface area is 199 Å². The van der Waals surface area contributed by atoms with Gasteiger partial charge in [-0.2, -0.15) is 5.26 Å². The first-order valence-corrected chi connectivity index (χ1v) is 11.1. The van der Waals surface area contributed by atoms with Gasteiger partial charge in [-0.15, -0.1) is 0 Å². The van der Waals surface area contributed by atoms with E-state index >= 15 is 0 Å². The quantitative estimate of drug-likeness (QED) is 0.473. The Hall–Kier alpha value is -4.05. The van der Waals surface area contributed by atoms with E-state index in [-0.39, 0.29) is 22.6 Å². The van der Waals surface area contributed by atoms with Gasteiger partial charge in [-0.1, -0.05) is 45.0 Å². The molecule has 0 spiro atoms. The topological polar surface area (TPSA) is 96.3 Å². The molecule has 4 rings (SSSR count). The van der Waals surface area contributed by atoms with Gasteiger partial charge < -0.3 is 20.1 Å². The number of amides is 2. The second-order valence-electron chi connectivity index (χ2n) is 9.95. The van der Waals surface area contributed by atoms with E-state index in [9.17, 15) is 10.1 Å². The van der Waals surface area contributed by atoms with Gasteiger partial charge in [-0.25, -0.2) is 9.78 Å².